The maximum Gasteiger partial charge on any atom is 0.317 e. The lowest BCUT2D eigenvalue weighted by Crippen LogP contribution is -2.43. The molecule has 0 saturated carbocycles. The van der Waals surface area contributed by atoms with Crippen molar-refractivity contribution in [3.8, 4) is 0 Å². The van der Waals surface area contributed by atoms with Gasteiger partial charge in [0.2, 0.25) is 0 Å². The molecule has 0 bridgehead atoms. The van der Waals surface area contributed by atoms with E-state index in [1.165, 1.54) is 0 Å². The first kappa shape index (κ1) is 13.6. The number of aliphatic carboxylic acids is 1. The van der Waals surface area contributed by atoms with Crippen molar-refractivity contribution in [3.05, 3.63) is 36.1 Å². The van der Waals surface area contributed by atoms with Crippen LogP contribution in [0.2, 0.25) is 0 Å². The zero-order valence-corrected chi connectivity index (χ0v) is 11.5. The molecule has 2 rings (SSSR count). The van der Waals surface area contributed by atoms with Gasteiger partial charge in [-0.2, -0.15) is 0 Å². The van der Waals surface area contributed by atoms with E-state index in [-0.39, 0.29) is 12.1 Å². The summed E-state index contributed by atoms with van der Waals surface area (Å²) in [5, 5.41) is 10.1. The average Bonchev–Trinajstić information content (AvgIpc) is 2.70. The number of fused-ring (bicyclic) bond motifs is 1. The number of carboxylic acids is 1. The lowest BCUT2D eigenvalue weighted by molar-refractivity contribution is -0.139. The highest BCUT2D eigenvalue weighted by Gasteiger charge is 2.24. The van der Waals surface area contributed by atoms with Gasteiger partial charge in [-0.05, 0) is 26.8 Å². The van der Waals surface area contributed by atoms with Crippen molar-refractivity contribution in [1.82, 2.24) is 4.90 Å². The Bertz CT molecular complexity index is 580. The van der Waals surface area contributed by atoms with E-state index in [1.54, 1.807) is 6.26 Å². The van der Waals surface area contributed by atoms with Gasteiger partial charge in [0, 0.05) is 23.0 Å². The summed E-state index contributed by atoms with van der Waals surface area (Å²) in [7, 11) is 0. The third-order valence-corrected chi connectivity index (χ3v) is 3.20. The number of hydrogen-bond acceptors (Lipinski definition) is 3. The van der Waals surface area contributed by atoms with E-state index < -0.39 is 5.97 Å². The quantitative estimate of drug-likeness (QED) is 0.918. The summed E-state index contributed by atoms with van der Waals surface area (Å²) in [6.07, 6.45) is 1.71. The normalized spacial score (nSPS) is 12.2. The molecule has 19 heavy (non-hydrogen) atoms. The molecule has 1 aromatic heterocycles. The first-order valence-corrected chi connectivity index (χ1v) is 6.30. The molecule has 0 aliphatic rings. The van der Waals surface area contributed by atoms with Crippen molar-refractivity contribution in [2.75, 3.05) is 6.54 Å². The van der Waals surface area contributed by atoms with E-state index in [0.717, 1.165) is 16.5 Å². The summed E-state index contributed by atoms with van der Waals surface area (Å²) < 4.78 is 5.49. The fourth-order valence-electron chi connectivity index (χ4n) is 2.05. The Balaban J connectivity index is 2.28. The lowest BCUT2D eigenvalue weighted by Gasteiger charge is -2.34. The maximum absolute atomic E-state index is 11.0. The minimum atomic E-state index is -0.817. The number of rotatable bonds is 4. The van der Waals surface area contributed by atoms with Crippen LogP contribution >= 0.6 is 0 Å². The number of nitrogens with zero attached hydrogens (tertiary/aromatic N) is 1. The smallest absolute Gasteiger partial charge is 0.317 e. The van der Waals surface area contributed by atoms with Crippen molar-refractivity contribution >= 4 is 16.9 Å². The molecular weight excluding hydrogens is 242 g/mol. The molecule has 0 amide bonds. The summed E-state index contributed by atoms with van der Waals surface area (Å²) in [6, 6.07) is 7.79. The Morgan fingerprint density at radius 2 is 2.00 bits per heavy atom. The third kappa shape index (κ3) is 3.15. The molecule has 4 nitrogen and oxygen atoms in total. The van der Waals surface area contributed by atoms with Crippen LogP contribution in [0, 0.1) is 0 Å². The lowest BCUT2D eigenvalue weighted by atomic mass is 10.0. The van der Waals surface area contributed by atoms with Gasteiger partial charge in [-0.25, -0.2) is 0 Å². The molecule has 0 saturated heterocycles. The first-order valence-electron chi connectivity index (χ1n) is 6.30. The summed E-state index contributed by atoms with van der Waals surface area (Å²) >= 11 is 0. The van der Waals surface area contributed by atoms with Gasteiger partial charge in [0.1, 0.15) is 5.58 Å². The highest BCUT2D eigenvalue weighted by Crippen LogP contribution is 2.24. The van der Waals surface area contributed by atoms with Crippen LogP contribution in [0.3, 0.4) is 0 Å². The van der Waals surface area contributed by atoms with Crippen molar-refractivity contribution in [2.45, 2.75) is 32.9 Å². The number of para-hydroxylation sites is 1. The fourth-order valence-corrected chi connectivity index (χ4v) is 2.05. The third-order valence-electron chi connectivity index (χ3n) is 3.20. The van der Waals surface area contributed by atoms with E-state index in [9.17, 15) is 4.79 Å². The van der Waals surface area contributed by atoms with Crippen LogP contribution in [0.4, 0.5) is 0 Å². The van der Waals surface area contributed by atoms with Gasteiger partial charge in [-0.3, -0.25) is 9.69 Å². The molecule has 1 heterocycles. The fraction of sp³-hybridized carbons (Fsp3) is 0.400. The zero-order valence-electron chi connectivity index (χ0n) is 11.5. The van der Waals surface area contributed by atoms with Crippen LogP contribution in [0.5, 0.6) is 0 Å². The second-order valence-corrected chi connectivity index (χ2v) is 5.68. The van der Waals surface area contributed by atoms with Crippen LogP contribution in [0.15, 0.2) is 34.9 Å². The summed E-state index contributed by atoms with van der Waals surface area (Å²) in [4.78, 5) is 12.9. The highest BCUT2D eigenvalue weighted by atomic mass is 16.4. The van der Waals surface area contributed by atoms with Gasteiger partial charge in [0.25, 0.3) is 0 Å². The molecule has 0 radical (unpaired) electrons. The zero-order chi connectivity index (χ0) is 14.0. The monoisotopic (exact) mass is 261 g/mol. The van der Waals surface area contributed by atoms with Gasteiger partial charge in [-0.1, -0.05) is 18.2 Å². The minimum Gasteiger partial charge on any atom is -0.480 e. The molecule has 0 aliphatic heterocycles. The number of carbonyl (C=O) groups is 1. The Labute approximate surface area is 112 Å². The summed E-state index contributed by atoms with van der Waals surface area (Å²) in [6.45, 7) is 6.62. The van der Waals surface area contributed by atoms with Crippen LogP contribution in [0.25, 0.3) is 11.0 Å². The number of furan rings is 1. The van der Waals surface area contributed by atoms with E-state index >= 15 is 0 Å². The van der Waals surface area contributed by atoms with E-state index in [0.29, 0.717) is 6.54 Å². The first-order chi connectivity index (χ1) is 8.88. The molecule has 0 atom stereocenters. The Kier molecular flexibility index (Phi) is 3.62. The van der Waals surface area contributed by atoms with Gasteiger partial charge in [0.05, 0.1) is 12.8 Å². The predicted molar refractivity (Wildman–Crippen MR) is 74.0 cm³/mol. The second-order valence-electron chi connectivity index (χ2n) is 5.68. The van der Waals surface area contributed by atoms with Crippen LogP contribution in [-0.2, 0) is 11.3 Å². The molecular formula is C15H19NO3. The number of carboxylic acid groups (broad SMARTS) is 1. The Hall–Kier alpha value is -1.81. The summed E-state index contributed by atoms with van der Waals surface area (Å²) in [5.74, 6) is -0.817. The average molecular weight is 261 g/mol. The second kappa shape index (κ2) is 5.05. The van der Waals surface area contributed by atoms with Crippen LogP contribution in [-0.4, -0.2) is 28.1 Å². The SMILES string of the molecule is CC(C)(C)N(CC(=O)O)Cc1coc2ccccc12. The van der Waals surface area contributed by atoms with Crippen LogP contribution < -0.4 is 0 Å². The molecule has 0 spiro atoms. The largest absolute Gasteiger partial charge is 0.480 e. The van der Waals surface area contributed by atoms with Gasteiger partial charge < -0.3 is 9.52 Å². The van der Waals surface area contributed by atoms with Crippen LogP contribution in [0.1, 0.15) is 26.3 Å². The van der Waals surface area contributed by atoms with Crippen molar-refractivity contribution in [3.63, 3.8) is 0 Å². The molecule has 4 heteroatoms. The molecule has 1 aromatic carbocycles. The Morgan fingerprint density at radius 1 is 1.32 bits per heavy atom. The van der Waals surface area contributed by atoms with E-state index in [1.807, 2.05) is 49.9 Å². The molecule has 1 N–H and O–H groups in total. The number of hydrogen-bond donors (Lipinski definition) is 1. The van der Waals surface area contributed by atoms with Crippen molar-refractivity contribution in [2.24, 2.45) is 0 Å². The van der Waals surface area contributed by atoms with E-state index in [4.69, 9.17) is 9.52 Å². The molecule has 0 aliphatic carbocycles. The van der Waals surface area contributed by atoms with Gasteiger partial charge in [0.15, 0.2) is 0 Å². The maximum atomic E-state index is 11.0. The molecule has 102 valence electrons. The van der Waals surface area contributed by atoms with Crippen molar-refractivity contribution < 1.29 is 14.3 Å². The number of benzene rings is 1. The minimum absolute atomic E-state index is 0.0169. The van der Waals surface area contributed by atoms with E-state index in [2.05, 4.69) is 0 Å². The molecule has 2 aromatic rings. The predicted octanol–water partition coefficient (Wildman–Crippen LogP) is 3.12. The topological polar surface area (TPSA) is 53.7 Å². The summed E-state index contributed by atoms with van der Waals surface area (Å²) in [5.41, 5.74) is 1.64. The highest BCUT2D eigenvalue weighted by molar-refractivity contribution is 5.80. The molecule has 0 fully saturated rings. The Morgan fingerprint density at radius 3 is 2.63 bits per heavy atom. The van der Waals surface area contributed by atoms with Gasteiger partial charge >= 0.3 is 5.97 Å². The standard InChI is InChI=1S/C15H19NO3/c1-15(2,3)16(9-14(17)18)8-11-10-19-13-7-5-4-6-12(11)13/h4-7,10H,8-9H2,1-3H3,(H,17,18). The molecule has 0 unspecified atom stereocenters. The van der Waals surface area contributed by atoms with Crippen molar-refractivity contribution in [1.29, 1.82) is 0 Å². The van der Waals surface area contributed by atoms with Gasteiger partial charge in [-0.15, -0.1) is 0 Å².